The molecule has 20 heavy (non-hydrogen) atoms. The third kappa shape index (κ3) is 4.19. The summed E-state index contributed by atoms with van der Waals surface area (Å²) in [5.74, 6) is 0.509. The van der Waals surface area contributed by atoms with E-state index in [9.17, 15) is 5.11 Å². The van der Waals surface area contributed by atoms with Gasteiger partial charge in [0.05, 0.1) is 11.7 Å². The van der Waals surface area contributed by atoms with Crippen LogP contribution in [0.15, 0.2) is 0 Å². The van der Waals surface area contributed by atoms with E-state index in [0.29, 0.717) is 12.0 Å². The molecule has 2 fully saturated rings. The second-order valence-electron chi connectivity index (χ2n) is 7.33. The van der Waals surface area contributed by atoms with Crippen molar-refractivity contribution in [3.8, 4) is 0 Å². The van der Waals surface area contributed by atoms with Crippen LogP contribution in [0.3, 0.4) is 0 Å². The zero-order chi connectivity index (χ0) is 14.6. The summed E-state index contributed by atoms with van der Waals surface area (Å²) < 4.78 is 5.55. The summed E-state index contributed by atoms with van der Waals surface area (Å²) in [4.78, 5) is 2.64. The predicted octanol–water partition coefficient (Wildman–Crippen LogP) is 3.21. The van der Waals surface area contributed by atoms with Gasteiger partial charge >= 0.3 is 0 Å². The lowest BCUT2D eigenvalue weighted by Crippen LogP contribution is -2.49. The lowest BCUT2D eigenvalue weighted by molar-refractivity contribution is -0.0270. The second kappa shape index (κ2) is 7.24. The quantitative estimate of drug-likeness (QED) is 0.841. The Morgan fingerprint density at radius 3 is 2.50 bits per heavy atom. The molecule has 1 saturated heterocycles. The average molecular weight is 283 g/mol. The number of aliphatic hydroxyl groups excluding tert-OH is 1. The van der Waals surface area contributed by atoms with Gasteiger partial charge in [-0.05, 0) is 52.5 Å². The van der Waals surface area contributed by atoms with Crippen LogP contribution in [0.5, 0.6) is 0 Å². The molecule has 0 aromatic rings. The van der Waals surface area contributed by atoms with Gasteiger partial charge in [-0.25, -0.2) is 0 Å². The van der Waals surface area contributed by atoms with Crippen LogP contribution >= 0.6 is 0 Å². The predicted molar refractivity (Wildman–Crippen MR) is 82.9 cm³/mol. The van der Waals surface area contributed by atoms with Crippen LogP contribution in [0, 0.1) is 5.92 Å². The van der Waals surface area contributed by atoms with E-state index in [0.717, 1.165) is 19.4 Å². The second-order valence-corrected chi connectivity index (χ2v) is 7.33. The fourth-order valence-corrected chi connectivity index (χ4v) is 3.88. The molecule has 0 bridgehead atoms. The van der Waals surface area contributed by atoms with Crippen molar-refractivity contribution in [3.05, 3.63) is 0 Å². The molecule has 3 atom stereocenters. The number of likely N-dealkylation sites (tertiary alicyclic amines) is 1. The summed E-state index contributed by atoms with van der Waals surface area (Å²) in [6, 6.07) is 0.603. The van der Waals surface area contributed by atoms with Crippen LogP contribution in [0.2, 0.25) is 0 Å². The molecule has 1 aliphatic carbocycles. The maximum atomic E-state index is 10.4. The first-order valence-corrected chi connectivity index (χ1v) is 8.51. The van der Waals surface area contributed by atoms with Gasteiger partial charge in [-0.2, -0.15) is 0 Å². The summed E-state index contributed by atoms with van der Waals surface area (Å²) in [5, 5.41) is 10.4. The van der Waals surface area contributed by atoms with Gasteiger partial charge in [0.1, 0.15) is 0 Å². The highest BCUT2D eigenvalue weighted by Crippen LogP contribution is 2.34. The summed E-state index contributed by atoms with van der Waals surface area (Å²) >= 11 is 0. The molecule has 1 heterocycles. The highest BCUT2D eigenvalue weighted by Gasteiger charge is 2.35. The number of rotatable bonds is 5. The molecule has 3 nitrogen and oxygen atoms in total. The zero-order valence-corrected chi connectivity index (χ0v) is 13.6. The highest BCUT2D eigenvalue weighted by molar-refractivity contribution is 4.89. The van der Waals surface area contributed by atoms with Crippen LogP contribution in [0.1, 0.15) is 65.2 Å². The van der Waals surface area contributed by atoms with Crippen LogP contribution in [-0.4, -0.2) is 48.0 Å². The minimum Gasteiger partial charge on any atom is -0.393 e. The minimum absolute atomic E-state index is 0.0345. The molecule has 2 aliphatic rings. The van der Waals surface area contributed by atoms with Crippen molar-refractivity contribution in [1.29, 1.82) is 0 Å². The molecule has 3 unspecified atom stereocenters. The SMILES string of the molecule is COC(C)(C)CCN1CCCCC1C1CCCCC1O. The maximum absolute atomic E-state index is 10.4. The van der Waals surface area contributed by atoms with Gasteiger partial charge in [-0.3, -0.25) is 4.90 Å². The van der Waals surface area contributed by atoms with Crippen LogP contribution in [0.25, 0.3) is 0 Å². The molecule has 0 aromatic carbocycles. The van der Waals surface area contributed by atoms with E-state index in [1.165, 1.54) is 45.1 Å². The van der Waals surface area contributed by atoms with Gasteiger partial charge in [0.25, 0.3) is 0 Å². The summed E-state index contributed by atoms with van der Waals surface area (Å²) in [6.45, 7) is 6.64. The monoisotopic (exact) mass is 283 g/mol. The molecule has 0 radical (unpaired) electrons. The van der Waals surface area contributed by atoms with E-state index in [-0.39, 0.29) is 11.7 Å². The van der Waals surface area contributed by atoms with Crippen molar-refractivity contribution >= 4 is 0 Å². The normalized spacial score (nSPS) is 33.3. The number of nitrogens with zero attached hydrogens (tertiary/aromatic N) is 1. The van der Waals surface area contributed by atoms with Gasteiger partial charge in [0.2, 0.25) is 0 Å². The molecule has 118 valence electrons. The van der Waals surface area contributed by atoms with Crippen molar-refractivity contribution in [2.75, 3.05) is 20.2 Å². The van der Waals surface area contributed by atoms with E-state index in [4.69, 9.17) is 4.74 Å². The van der Waals surface area contributed by atoms with Gasteiger partial charge < -0.3 is 9.84 Å². The summed E-state index contributed by atoms with van der Waals surface area (Å²) in [5.41, 5.74) is -0.0345. The number of ether oxygens (including phenoxy) is 1. The van der Waals surface area contributed by atoms with Crippen LogP contribution in [-0.2, 0) is 4.74 Å². The first-order chi connectivity index (χ1) is 9.53. The Hall–Kier alpha value is -0.120. The third-order valence-electron chi connectivity index (χ3n) is 5.49. The Kier molecular flexibility index (Phi) is 5.88. The lowest BCUT2D eigenvalue weighted by atomic mass is 9.78. The Balaban J connectivity index is 1.94. The highest BCUT2D eigenvalue weighted by atomic mass is 16.5. The molecule has 1 N–H and O–H groups in total. The van der Waals surface area contributed by atoms with E-state index >= 15 is 0 Å². The van der Waals surface area contributed by atoms with Crippen LogP contribution < -0.4 is 0 Å². The summed E-state index contributed by atoms with van der Waals surface area (Å²) in [7, 11) is 1.80. The molecule has 0 amide bonds. The van der Waals surface area contributed by atoms with Gasteiger partial charge in [-0.15, -0.1) is 0 Å². The first-order valence-electron chi connectivity index (χ1n) is 8.51. The van der Waals surface area contributed by atoms with Gasteiger partial charge in [0.15, 0.2) is 0 Å². The molecule has 1 aliphatic heterocycles. The molecular weight excluding hydrogens is 250 g/mol. The molecule has 3 heteroatoms. The van der Waals surface area contributed by atoms with Crippen molar-refractivity contribution in [2.45, 2.75) is 83.0 Å². The van der Waals surface area contributed by atoms with Crippen molar-refractivity contribution in [1.82, 2.24) is 4.90 Å². The van der Waals surface area contributed by atoms with Crippen molar-refractivity contribution < 1.29 is 9.84 Å². The molecular formula is C17H33NO2. The fourth-order valence-electron chi connectivity index (χ4n) is 3.88. The first kappa shape index (κ1) is 16.3. The Bertz CT molecular complexity index is 293. The number of piperidine rings is 1. The fraction of sp³-hybridized carbons (Fsp3) is 1.00. The van der Waals surface area contributed by atoms with E-state index in [1.54, 1.807) is 7.11 Å². The molecule has 0 spiro atoms. The number of methoxy groups -OCH3 is 1. The average Bonchev–Trinajstić information content (AvgIpc) is 2.46. The lowest BCUT2D eigenvalue weighted by Gasteiger charge is -2.44. The van der Waals surface area contributed by atoms with E-state index < -0.39 is 0 Å². The zero-order valence-electron chi connectivity index (χ0n) is 13.6. The topological polar surface area (TPSA) is 32.7 Å². The number of hydrogen-bond acceptors (Lipinski definition) is 3. The van der Waals surface area contributed by atoms with E-state index in [2.05, 4.69) is 18.7 Å². The maximum Gasteiger partial charge on any atom is 0.0634 e. The van der Waals surface area contributed by atoms with Crippen molar-refractivity contribution in [3.63, 3.8) is 0 Å². The van der Waals surface area contributed by atoms with Gasteiger partial charge in [0, 0.05) is 25.6 Å². The largest absolute Gasteiger partial charge is 0.393 e. The Labute approximate surface area is 124 Å². The Morgan fingerprint density at radius 1 is 1.10 bits per heavy atom. The van der Waals surface area contributed by atoms with E-state index in [1.807, 2.05) is 0 Å². The van der Waals surface area contributed by atoms with Gasteiger partial charge in [-0.1, -0.05) is 19.3 Å². The smallest absolute Gasteiger partial charge is 0.0634 e. The molecule has 2 rings (SSSR count). The number of aliphatic hydroxyl groups is 1. The Morgan fingerprint density at radius 2 is 1.80 bits per heavy atom. The molecule has 0 aromatic heterocycles. The minimum atomic E-state index is -0.0650. The number of hydrogen-bond donors (Lipinski definition) is 1. The summed E-state index contributed by atoms with van der Waals surface area (Å²) in [6.07, 6.45) is 9.67. The standard InChI is InChI=1S/C17H33NO2/c1-17(2,20-3)11-13-18-12-7-6-9-15(18)14-8-4-5-10-16(14)19/h14-16,19H,4-13H2,1-3H3. The third-order valence-corrected chi connectivity index (χ3v) is 5.49. The molecule has 1 saturated carbocycles. The van der Waals surface area contributed by atoms with Crippen molar-refractivity contribution in [2.24, 2.45) is 5.92 Å². The van der Waals surface area contributed by atoms with Crippen LogP contribution in [0.4, 0.5) is 0 Å².